The molecular formula is C58H76Cl2SiZr-2. The zero-order chi connectivity index (χ0) is 43.1. The van der Waals surface area contributed by atoms with E-state index in [0.29, 0.717) is 10.8 Å². The summed E-state index contributed by atoms with van der Waals surface area (Å²) >= 11 is 1.74. The Kier molecular flexibility index (Phi) is 19.3. The van der Waals surface area contributed by atoms with E-state index in [9.17, 15) is 0 Å². The van der Waals surface area contributed by atoms with E-state index in [2.05, 4.69) is 178 Å². The smallest absolute Gasteiger partial charge is 1.00 e. The Balaban J connectivity index is 0.000000244. The molecule has 0 radical (unpaired) electrons. The van der Waals surface area contributed by atoms with Crippen molar-refractivity contribution in [3.63, 3.8) is 0 Å². The molecule has 6 aromatic rings. The van der Waals surface area contributed by atoms with Gasteiger partial charge >= 0.3 is 41.9 Å². The van der Waals surface area contributed by atoms with Crippen LogP contribution in [-0.4, -0.2) is 5.43 Å². The van der Waals surface area contributed by atoms with Gasteiger partial charge in [0, 0.05) is 0 Å². The van der Waals surface area contributed by atoms with Crippen molar-refractivity contribution in [3.05, 3.63) is 131 Å². The largest absolute Gasteiger partial charge is 1.00 e. The summed E-state index contributed by atoms with van der Waals surface area (Å²) in [6.45, 7) is 23.1. The van der Waals surface area contributed by atoms with Crippen LogP contribution >= 0.6 is 0 Å². The summed E-state index contributed by atoms with van der Waals surface area (Å²) in [4.78, 5) is 0. The molecule has 0 atom stereocenters. The fourth-order valence-corrected chi connectivity index (χ4v) is 10.4. The standard InChI is InChI=1S/2C28H35.C2H6Si.2ClH.Zr/c2*1-5-28(16-7-6-8-17-28)20-21-18-23-10-9-11-25(26(23)19-21)22-12-14-24(15-13-22)27(2,3)4;1-3-2;;;/h2*9-15,18-19H,5-8,16-17,20H2,1-4H3;1-2H3;2*1H;/q2*-1;;;;+2/p-2. The van der Waals surface area contributed by atoms with E-state index in [1.807, 2.05) is 0 Å². The van der Waals surface area contributed by atoms with Gasteiger partial charge in [0.15, 0.2) is 0 Å². The molecule has 0 heterocycles. The molecule has 4 heteroatoms. The quantitative estimate of drug-likeness (QED) is 0.105. The van der Waals surface area contributed by atoms with Gasteiger partial charge in [0.05, 0.1) is 0 Å². The molecule has 0 aromatic heterocycles. The third kappa shape index (κ3) is 13.4. The van der Waals surface area contributed by atoms with Crippen LogP contribution in [-0.2, 0) is 47.0 Å². The van der Waals surface area contributed by atoms with Gasteiger partial charge < -0.3 is 24.8 Å². The molecule has 0 bridgehead atoms. The van der Waals surface area contributed by atoms with Gasteiger partial charge in [-0.05, 0) is 82.4 Å². The zero-order valence-electron chi connectivity index (χ0n) is 40.0. The minimum Gasteiger partial charge on any atom is -1.00 e. The summed E-state index contributed by atoms with van der Waals surface area (Å²) in [6, 6.07) is 41.8. The molecule has 0 saturated heterocycles. The molecule has 0 amide bonds. The second-order valence-corrected chi connectivity index (χ2v) is 30.6. The average molecular weight is 963 g/mol. The summed E-state index contributed by atoms with van der Waals surface area (Å²) in [5.41, 5.74) is 13.0. The van der Waals surface area contributed by atoms with E-state index in [-0.39, 0.29) is 41.1 Å². The Labute approximate surface area is 405 Å². The molecule has 332 valence electrons. The fourth-order valence-electron chi connectivity index (χ4n) is 10.4. The average Bonchev–Trinajstić information content (AvgIpc) is 3.84. The first-order valence-corrected chi connectivity index (χ1v) is 29.8. The fraction of sp³-hybridized carbons (Fsp3) is 0.483. The first-order chi connectivity index (χ1) is 28.5. The van der Waals surface area contributed by atoms with E-state index in [1.165, 1.54) is 156 Å². The molecule has 62 heavy (non-hydrogen) atoms. The van der Waals surface area contributed by atoms with Crippen LogP contribution in [0.2, 0.25) is 13.1 Å². The first-order valence-electron chi connectivity index (χ1n) is 23.6. The molecule has 0 aliphatic heterocycles. The molecule has 2 aliphatic carbocycles. The SMILES string of the molecule is CCC1(Cc2cc3c(-c4ccc(C(C)(C)C)cc4)cccc3[cH-]2)CCCCC1.CCC1(Cc2cc3c(-c4ccc(C(C)(C)C)cc4)cccc3[cH-]2)CCCCC1.C[Si](C)=[Zr+2].[Cl-].[Cl-]. The van der Waals surface area contributed by atoms with Crippen LogP contribution in [0.5, 0.6) is 0 Å². The molecule has 0 spiro atoms. The summed E-state index contributed by atoms with van der Waals surface area (Å²) < 4.78 is 0. The van der Waals surface area contributed by atoms with Crippen molar-refractivity contribution in [3.8, 4) is 22.3 Å². The minimum atomic E-state index is 0. The van der Waals surface area contributed by atoms with Gasteiger partial charge in [-0.1, -0.05) is 179 Å². The third-order valence-electron chi connectivity index (χ3n) is 14.2. The van der Waals surface area contributed by atoms with Crippen molar-refractivity contribution in [2.45, 2.75) is 169 Å². The first kappa shape index (κ1) is 52.4. The van der Waals surface area contributed by atoms with Crippen molar-refractivity contribution in [2.24, 2.45) is 10.8 Å². The van der Waals surface area contributed by atoms with Crippen LogP contribution in [0.25, 0.3) is 43.8 Å². The third-order valence-corrected chi connectivity index (χ3v) is 14.2. The van der Waals surface area contributed by atoms with E-state index in [1.54, 1.807) is 23.3 Å². The molecule has 0 nitrogen and oxygen atoms in total. The van der Waals surface area contributed by atoms with E-state index in [0.717, 1.165) is 0 Å². The van der Waals surface area contributed by atoms with E-state index in [4.69, 9.17) is 0 Å². The number of hydrogen-bond donors (Lipinski definition) is 0. The molecule has 2 fully saturated rings. The predicted molar refractivity (Wildman–Crippen MR) is 264 cm³/mol. The molecule has 8 rings (SSSR count). The maximum Gasteiger partial charge on any atom is -1.00 e. The molecule has 0 unspecified atom stereocenters. The summed E-state index contributed by atoms with van der Waals surface area (Å²) in [5, 5.41) is 5.63. The molecule has 6 aromatic carbocycles. The van der Waals surface area contributed by atoms with Crippen LogP contribution < -0.4 is 24.8 Å². The van der Waals surface area contributed by atoms with Crippen LogP contribution in [0, 0.1) is 10.8 Å². The Morgan fingerprint density at radius 3 is 1.13 bits per heavy atom. The van der Waals surface area contributed by atoms with Crippen LogP contribution in [0.3, 0.4) is 0 Å². The van der Waals surface area contributed by atoms with Gasteiger partial charge in [0.1, 0.15) is 0 Å². The number of fused-ring (bicyclic) bond motifs is 2. The van der Waals surface area contributed by atoms with Gasteiger partial charge in [-0.3, -0.25) is 0 Å². The normalized spacial score (nSPS) is 15.9. The summed E-state index contributed by atoms with van der Waals surface area (Å²) in [6.07, 6.45) is 19.3. The second kappa shape index (κ2) is 22.8. The topological polar surface area (TPSA) is 0 Å². The van der Waals surface area contributed by atoms with Crippen LogP contribution in [0.1, 0.15) is 155 Å². The van der Waals surface area contributed by atoms with Crippen molar-refractivity contribution in [1.29, 1.82) is 0 Å². The Morgan fingerprint density at radius 1 is 0.516 bits per heavy atom. The Bertz CT molecular complexity index is 2130. The van der Waals surface area contributed by atoms with Crippen LogP contribution in [0.15, 0.2) is 109 Å². The maximum atomic E-state index is 2.48. The molecule has 0 N–H and O–H groups in total. The number of benzene rings is 4. The van der Waals surface area contributed by atoms with Gasteiger partial charge in [0.25, 0.3) is 0 Å². The Hall–Kier alpha value is -2.22. The van der Waals surface area contributed by atoms with Crippen molar-refractivity contribution in [1.82, 2.24) is 0 Å². The molecule has 2 saturated carbocycles. The molecule has 2 aliphatic rings. The Morgan fingerprint density at radius 2 is 0.839 bits per heavy atom. The van der Waals surface area contributed by atoms with Gasteiger partial charge in [-0.2, -0.15) is 12.1 Å². The zero-order valence-corrected chi connectivity index (χ0v) is 45.0. The van der Waals surface area contributed by atoms with E-state index < -0.39 is 0 Å². The number of hydrogen-bond acceptors (Lipinski definition) is 0. The summed E-state index contributed by atoms with van der Waals surface area (Å²) in [7, 11) is 0. The summed E-state index contributed by atoms with van der Waals surface area (Å²) in [5.74, 6) is 0. The van der Waals surface area contributed by atoms with E-state index >= 15 is 0 Å². The van der Waals surface area contributed by atoms with Gasteiger partial charge in [-0.15, -0.1) is 69.1 Å². The predicted octanol–water partition coefficient (Wildman–Crippen LogP) is 11.6. The maximum absolute atomic E-state index is 2.48. The van der Waals surface area contributed by atoms with Crippen LogP contribution in [0.4, 0.5) is 0 Å². The van der Waals surface area contributed by atoms with Gasteiger partial charge in [-0.25, -0.2) is 0 Å². The minimum absolute atomic E-state index is 0. The van der Waals surface area contributed by atoms with Crippen molar-refractivity contribution in [2.75, 3.05) is 0 Å². The van der Waals surface area contributed by atoms with Crippen molar-refractivity contribution < 1.29 is 48.1 Å². The van der Waals surface area contributed by atoms with Gasteiger partial charge in [0.2, 0.25) is 0 Å². The number of halogens is 2. The molecular weight excluding hydrogens is 887 g/mol. The van der Waals surface area contributed by atoms with Crippen molar-refractivity contribution >= 4 is 27.0 Å². The number of rotatable bonds is 8. The second-order valence-electron chi connectivity index (χ2n) is 21.2. The monoisotopic (exact) mass is 960 g/mol.